The molecule has 2 heterocycles. The molecule has 0 saturated carbocycles. The molecule has 4 aromatic carbocycles. The van der Waals surface area contributed by atoms with Crippen LogP contribution in [0, 0.1) is 6.92 Å². The Morgan fingerprint density at radius 1 is 0.905 bits per heavy atom. The third kappa shape index (κ3) is 5.05. The second-order valence-corrected chi connectivity index (χ2v) is 13.2. The van der Waals surface area contributed by atoms with Gasteiger partial charge in [0.15, 0.2) is 0 Å². The van der Waals surface area contributed by atoms with Crippen LogP contribution < -0.4 is 9.80 Å². The van der Waals surface area contributed by atoms with Gasteiger partial charge in [-0.2, -0.15) is 0 Å². The normalized spacial score (nSPS) is 17.8. The summed E-state index contributed by atoms with van der Waals surface area (Å²) in [5.74, 6) is -0.653. The summed E-state index contributed by atoms with van der Waals surface area (Å²) in [6.45, 7) is 5.97. The van der Waals surface area contributed by atoms with Crippen molar-refractivity contribution in [3.05, 3.63) is 118 Å². The maximum Gasteiger partial charge on any atom is 0.259 e. The van der Waals surface area contributed by atoms with Gasteiger partial charge in [0, 0.05) is 41.9 Å². The molecule has 0 aliphatic carbocycles. The fourth-order valence-corrected chi connectivity index (χ4v) is 7.54. The monoisotopic (exact) mass is 599 g/mol. The number of sulfone groups is 1. The molecule has 42 heavy (non-hydrogen) atoms. The molecule has 0 N–H and O–H groups in total. The number of nitrogens with zero attached hydrogens (tertiary/aromatic N) is 3. The van der Waals surface area contributed by atoms with E-state index in [0.29, 0.717) is 30.2 Å². The van der Waals surface area contributed by atoms with Crippen LogP contribution in [0.4, 0.5) is 11.4 Å². The molecular weight excluding hydrogens is 570 g/mol. The lowest BCUT2D eigenvalue weighted by molar-refractivity contribution is 0.0726. The van der Waals surface area contributed by atoms with Gasteiger partial charge in [-0.05, 0) is 79.6 Å². The van der Waals surface area contributed by atoms with Crippen molar-refractivity contribution in [2.24, 2.45) is 0 Å². The summed E-state index contributed by atoms with van der Waals surface area (Å²) < 4.78 is 27.7. The van der Waals surface area contributed by atoms with Gasteiger partial charge in [-0.1, -0.05) is 48.0 Å². The van der Waals surface area contributed by atoms with Gasteiger partial charge < -0.3 is 14.7 Å². The van der Waals surface area contributed by atoms with Crippen molar-refractivity contribution in [2.75, 3.05) is 29.4 Å². The molecule has 2 amide bonds. The van der Waals surface area contributed by atoms with E-state index < -0.39 is 15.7 Å². The number of aryl methyl sites for hydroxylation is 1. The molecule has 1 atom stereocenters. The summed E-state index contributed by atoms with van der Waals surface area (Å²) in [5, 5.41) is 0.555. The van der Waals surface area contributed by atoms with Crippen LogP contribution in [0.1, 0.15) is 38.8 Å². The molecular formula is C33H30ClN3O4S. The Bertz CT molecular complexity index is 1810. The molecule has 2 aliphatic heterocycles. The van der Waals surface area contributed by atoms with E-state index in [9.17, 15) is 18.0 Å². The van der Waals surface area contributed by atoms with Crippen LogP contribution in [0.15, 0.2) is 101 Å². The number of piperazine rings is 1. The van der Waals surface area contributed by atoms with E-state index in [-0.39, 0.29) is 39.5 Å². The highest BCUT2D eigenvalue weighted by Gasteiger charge is 2.37. The van der Waals surface area contributed by atoms with Gasteiger partial charge in [0.25, 0.3) is 11.8 Å². The van der Waals surface area contributed by atoms with Crippen molar-refractivity contribution in [3.8, 4) is 0 Å². The molecule has 214 valence electrons. The Kier molecular flexibility index (Phi) is 7.29. The zero-order valence-corrected chi connectivity index (χ0v) is 24.9. The first-order valence-corrected chi connectivity index (χ1v) is 15.7. The lowest BCUT2D eigenvalue weighted by Gasteiger charge is -2.41. The molecule has 0 aromatic heterocycles. The number of fused-ring (bicyclic) bond motifs is 2. The van der Waals surface area contributed by atoms with Gasteiger partial charge >= 0.3 is 0 Å². The Hall–Kier alpha value is -4.14. The van der Waals surface area contributed by atoms with Gasteiger partial charge in [0.1, 0.15) is 0 Å². The first-order valence-electron chi connectivity index (χ1n) is 13.8. The fourth-order valence-electron chi connectivity index (χ4n) is 5.78. The number of hydrogen-bond acceptors (Lipinski definition) is 5. The molecule has 9 heteroatoms. The third-order valence-electron chi connectivity index (χ3n) is 7.94. The van der Waals surface area contributed by atoms with Crippen LogP contribution in [-0.2, 0) is 16.4 Å². The van der Waals surface area contributed by atoms with Crippen LogP contribution >= 0.6 is 11.6 Å². The molecule has 0 bridgehead atoms. The summed E-state index contributed by atoms with van der Waals surface area (Å²) in [6.07, 6.45) is 0. The van der Waals surface area contributed by atoms with E-state index in [2.05, 4.69) is 36.9 Å². The summed E-state index contributed by atoms with van der Waals surface area (Å²) in [6, 6.07) is 26.2. The summed E-state index contributed by atoms with van der Waals surface area (Å²) >= 11 is 6.08. The lowest BCUT2D eigenvalue weighted by Crippen LogP contribution is -2.53. The topological polar surface area (TPSA) is 78.0 Å². The lowest BCUT2D eigenvalue weighted by atomic mass is 10.1. The molecule has 0 spiro atoms. The van der Waals surface area contributed by atoms with Gasteiger partial charge in [0.2, 0.25) is 9.84 Å². The van der Waals surface area contributed by atoms with E-state index in [1.807, 2.05) is 6.07 Å². The molecule has 0 radical (unpaired) electrons. The number of hydrogen-bond donors (Lipinski definition) is 0. The van der Waals surface area contributed by atoms with Crippen molar-refractivity contribution in [1.82, 2.24) is 4.90 Å². The van der Waals surface area contributed by atoms with E-state index in [4.69, 9.17) is 11.6 Å². The molecule has 2 aliphatic rings. The highest BCUT2D eigenvalue weighted by Crippen LogP contribution is 2.38. The number of carbonyl (C=O) groups is 2. The predicted molar refractivity (Wildman–Crippen MR) is 164 cm³/mol. The molecule has 1 fully saturated rings. The number of rotatable bonds is 4. The van der Waals surface area contributed by atoms with Crippen LogP contribution in [0.25, 0.3) is 0 Å². The largest absolute Gasteiger partial charge is 0.365 e. The number of carbonyl (C=O) groups excluding carboxylic acids is 2. The van der Waals surface area contributed by atoms with E-state index >= 15 is 0 Å². The van der Waals surface area contributed by atoms with E-state index in [1.165, 1.54) is 28.7 Å². The Morgan fingerprint density at radius 2 is 1.67 bits per heavy atom. The second kappa shape index (κ2) is 10.9. The van der Waals surface area contributed by atoms with E-state index in [1.54, 1.807) is 53.4 Å². The fraction of sp³-hybridized carbons (Fsp3) is 0.212. The Balaban J connectivity index is 1.36. The van der Waals surface area contributed by atoms with Crippen molar-refractivity contribution in [1.29, 1.82) is 0 Å². The first kappa shape index (κ1) is 28.0. The van der Waals surface area contributed by atoms with Crippen molar-refractivity contribution < 1.29 is 18.0 Å². The highest BCUT2D eigenvalue weighted by molar-refractivity contribution is 7.91. The van der Waals surface area contributed by atoms with Gasteiger partial charge in [-0.3, -0.25) is 9.59 Å². The SMILES string of the molecule is Cc1cccc(N2CCN(C(=O)c3ccc4c(c3)N(Cc3ccc(Cl)cc3)C(=O)c3ccccc3S4(=O)=O)C[C@H]2C)c1. The van der Waals surface area contributed by atoms with Gasteiger partial charge in [-0.25, -0.2) is 8.42 Å². The molecule has 7 nitrogen and oxygen atoms in total. The van der Waals surface area contributed by atoms with Crippen LogP contribution in [0.5, 0.6) is 0 Å². The van der Waals surface area contributed by atoms with Gasteiger partial charge in [-0.15, -0.1) is 0 Å². The molecule has 1 saturated heterocycles. The van der Waals surface area contributed by atoms with Crippen LogP contribution in [-0.4, -0.2) is 50.8 Å². The van der Waals surface area contributed by atoms with Crippen molar-refractivity contribution in [3.63, 3.8) is 0 Å². The molecule has 0 unspecified atom stereocenters. The number of halogens is 1. The third-order valence-corrected chi connectivity index (χ3v) is 10.1. The molecule has 6 rings (SSSR count). The van der Waals surface area contributed by atoms with E-state index in [0.717, 1.165) is 11.3 Å². The number of amides is 2. The minimum absolute atomic E-state index is 0.0102. The Morgan fingerprint density at radius 3 is 2.40 bits per heavy atom. The standard InChI is InChI=1S/C33H30ClN3O4S/c1-22-6-5-7-27(18-22)36-17-16-35(20-23(36)2)32(38)25-12-15-31-29(19-25)37(21-24-10-13-26(34)14-11-24)33(39)28-8-3-4-9-30(28)42(31,40)41/h3-15,18-19,23H,16-17,20-21H2,1-2H3/t23-/m1/s1. The van der Waals surface area contributed by atoms with Crippen LogP contribution in [0.2, 0.25) is 5.02 Å². The summed E-state index contributed by atoms with van der Waals surface area (Å²) in [7, 11) is -4.04. The van der Waals surface area contributed by atoms with Crippen molar-refractivity contribution >= 4 is 44.6 Å². The maximum absolute atomic E-state index is 13.9. The van der Waals surface area contributed by atoms with Crippen LogP contribution in [0.3, 0.4) is 0 Å². The predicted octanol–water partition coefficient (Wildman–Crippen LogP) is 5.99. The zero-order chi connectivity index (χ0) is 29.6. The average molecular weight is 600 g/mol. The quantitative estimate of drug-likeness (QED) is 0.288. The summed E-state index contributed by atoms with van der Waals surface area (Å²) in [4.78, 5) is 33.2. The zero-order valence-electron chi connectivity index (χ0n) is 23.3. The maximum atomic E-state index is 13.9. The first-order chi connectivity index (χ1) is 20.1. The summed E-state index contributed by atoms with van der Waals surface area (Å²) in [5.41, 5.74) is 3.69. The number of benzene rings is 4. The Labute approximate surface area is 250 Å². The molecule has 4 aromatic rings. The van der Waals surface area contributed by atoms with Crippen molar-refractivity contribution in [2.45, 2.75) is 36.2 Å². The number of anilines is 2. The minimum Gasteiger partial charge on any atom is -0.365 e. The second-order valence-electron chi connectivity index (χ2n) is 10.8. The average Bonchev–Trinajstić information content (AvgIpc) is 3.05. The van der Waals surface area contributed by atoms with Gasteiger partial charge in [0.05, 0.1) is 27.6 Å². The minimum atomic E-state index is -4.04. The highest BCUT2D eigenvalue weighted by atomic mass is 35.5. The smallest absolute Gasteiger partial charge is 0.259 e.